The maximum atomic E-state index is 5.90. The molecule has 0 aromatic heterocycles. The van der Waals surface area contributed by atoms with Gasteiger partial charge in [-0.05, 0) is 43.9 Å². The van der Waals surface area contributed by atoms with Crippen molar-refractivity contribution in [3.05, 3.63) is 42.0 Å². The van der Waals surface area contributed by atoms with Crippen LogP contribution in [-0.4, -0.2) is 6.10 Å². The van der Waals surface area contributed by atoms with Crippen LogP contribution in [0.4, 0.5) is 0 Å². The van der Waals surface area contributed by atoms with Crippen LogP contribution in [-0.2, 0) is 0 Å². The molecule has 0 saturated heterocycles. The fraction of sp³-hybridized carbons (Fsp3) is 0.385. The Morgan fingerprint density at radius 3 is 2.71 bits per heavy atom. The summed E-state index contributed by atoms with van der Waals surface area (Å²) in [5, 5.41) is 0. The van der Waals surface area contributed by atoms with Crippen LogP contribution in [0.1, 0.15) is 26.2 Å². The van der Waals surface area contributed by atoms with Crippen molar-refractivity contribution in [3.8, 4) is 5.75 Å². The minimum atomic E-state index is 0.297. The smallest absolute Gasteiger partial charge is 0.120 e. The fourth-order valence-corrected chi connectivity index (χ4v) is 1.81. The first kappa shape index (κ1) is 9.32. The van der Waals surface area contributed by atoms with Gasteiger partial charge in [-0.25, -0.2) is 0 Å². The lowest BCUT2D eigenvalue weighted by atomic mass is 9.98. The molecule has 0 heterocycles. The Hall–Kier alpha value is -1.24. The van der Waals surface area contributed by atoms with Crippen molar-refractivity contribution >= 4 is 0 Å². The maximum Gasteiger partial charge on any atom is 0.120 e. The summed E-state index contributed by atoms with van der Waals surface area (Å²) in [5.74, 6) is 0.979. The van der Waals surface area contributed by atoms with Crippen molar-refractivity contribution in [1.82, 2.24) is 0 Å². The van der Waals surface area contributed by atoms with Crippen LogP contribution in [0.3, 0.4) is 0 Å². The number of para-hydroxylation sites is 1. The van der Waals surface area contributed by atoms with Crippen LogP contribution >= 0.6 is 0 Å². The van der Waals surface area contributed by atoms with Gasteiger partial charge in [-0.1, -0.05) is 24.3 Å². The van der Waals surface area contributed by atoms with Crippen molar-refractivity contribution in [1.29, 1.82) is 0 Å². The number of benzene rings is 1. The molecule has 0 spiro atoms. The van der Waals surface area contributed by atoms with Gasteiger partial charge in [0.05, 0.1) is 0 Å². The van der Waals surface area contributed by atoms with Crippen molar-refractivity contribution in [2.45, 2.75) is 32.3 Å². The molecule has 74 valence electrons. The second kappa shape index (κ2) is 4.32. The summed E-state index contributed by atoms with van der Waals surface area (Å²) in [4.78, 5) is 0. The molecule has 1 aromatic carbocycles. The van der Waals surface area contributed by atoms with Gasteiger partial charge in [0.15, 0.2) is 0 Å². The third-order valence-corrected chi connectivity index (χ3v) is 2.67. The zero-order valence-electron chi connectivity index (χ0n) is 8.57. The first-order valence-electron chi connectivity index (χ1n) is 5.24. The van der Waals surface area contributed by atoms with E-state index in [-0.39, 0.29) is 0 Å². The van der Waals surface area contributed by atoms with E-state index >= 15 is 0 Å². The second-order valence-corrected chi connectivity index (χ2v) is 3.80. The number of hydrogen-bond acceptors (Lipinski definition) is 1. The third-order valence-electron chi connectivity index (χ3n) is 2.67. The quantitative estimate of drug-likeness (QED) is 0.645. The highest BCUT2D eigenvalue weighted by atomic mass is 16.5. The summed E-state index contributed by atoms with van der Waals surface area (Å²) in [7, 11) is 0. The van der Waals surface area contributed by atoms with Gasteiger partial charge in [-0.2, -0.15) is 0 Å². The number of allylic oxidation sites excluding steroid dienone is 1. The van der Waals surface area contributed by atoms with E-state index in [0.29, 0.717) is 6.10 Å². The zero-order valence-corrected chi connectivity index (χ0v) is 8.57. The molecule has 1 atom stereocenters. The standard InChI is InChI=1S/C13H16O/c1-11-7-5-6-10-13(11)14-12-8-3-2-4-9-12/h2-4,7-9,13H,5-6,10H2,1H3/t13-/m1/s1. The van der Waals surface area contributed by atoms with Crippen molar-refractivity contribution in [2.75, 3.05) is 0 Å². The summed E-state index contributed by atoms with van der Waals surface area (Å²) in [6.45, 7) is 2.16. The van der Waals surface area contributed by atoms with Crippen molar-refractivity contribution in [3.63, 3.8) is 0 Å². The first-order chi connectivity index (χ1) is 6.86. The minimum Gasteiger partial charge on any atom is -0.486 e. The lowest BCUT2D eigenvalue weighted by Crippen LogP contribution is -2.20. The first-order valence-corrected chi connectivity index (χ1v) is 5.24. The summed E-state index contributed by atoms with van der Waals surface area (Å²) >= 11 is 0. The second-order valence-electron chi connectivity index (χ2n) is 3.80. The average molecular weight is 188 g/mol. The number of rotatable bonds is 2. The predicted octanol–water partition coefficient (Wildman–Crippen LogP) is 3.56. The van der Waals surface area contributed by atoms with E-state index in [9.17, 15) is 0 Å². The summed E-state index contributed by atoms with van der Waals surface area (Å²) in [6.07, 6.45) is 6.19. The van der Waals surface area contributed by atoms with E-state index in [1.807, 2.05) is 30.3 Å². The van der Waals surface area contributed by atoms with E-state index in [4.69, 9.17) is 4.74 Å². The molecule has 0 amide bonds. The molecule has 14 heavy (non-hydrogen) atoms. The third kappa shape index (κ3) is 2.16. The molecule has 1 aliphatic carbocycles. The van der Waals surface area contributed by atoms with Crippen LogP contribution in [0.2, 0.25) is 0 Å². The summed E-state index contributed by atoms with van der Waals surface area (Å²) in [6, 6.07) is 10.1. The minimum absolute atomic E-state index is 0.297. The summed E-state index contributed by atoms with van der Waals surface area (Å²) in [5.41, 5.74) is 1.38. The summed E-state index contributed by atoms with van der Waals surface area (Å²) < 4.78 is 5.90. The SMILES string of the molecule is CC1=CCCC[C@H]1Oc1ccccc1. The Balaban J connectivity index is 2.04. The lowest BCUT2D eigenvalue weighted by Gasteiger charge is -2.23. The van der Waals surface area contributed by atoms with Gasteiger partial charge in [0.25, 0.3) is 0 Å². The Kier molecular flexibility index (Phi) is 2.87. The predicted molar refractivity (Wildman–Crippen MR) is 58.5 cm³/mol. The highest BCUT2D eigenvalue weighted by molar-refractivity contribution is 5.23. The number of ether oxygens (including phenoxy) is 1. The molecule has 0 unspecified atom stereocenters. The largest absolute Gasteiger partial charge is 0.486 e. The molecular formula is C13H16O. The molecule has 0 bridgehead atoms. The maximum absolute atomic E-state index is 5.90. The molecule has 0 N–H and O–H groups in total. The van der Waals surface area contributed by atoms with Crippen LogP contribution < -0.4 is 4.74 Å². The van der Waals surface area contributed by atoms with Crippen LogP contribution in [0.5, 0.6) is 5.75 Å². The van der Waals surface area contributed by atoms with E-state index in [0.717, 1.165) is 12.2 Å². The van der Waals surface area contributed by atoms with Crippen LogP contribution in [0, 0.1) is 0 Å². The molecule has 0 aliphatic heterocycles. The van der Waals surface area contributed by atoms with Gasteiger partial charge in [-0.15, -0.1) is 0 Å². The molecule has 1 heteroatoms. The Labute approximate surface area is 85.4 Å². The average Bonchev–Trinajstić information content (AvgIpc) is 2.23. The number of hydrogen-bond donors (Lipinski definition) is 0. The molecule has 1 aromatic rings. The van der Waals surface area contributed by atoms with Gasteiger partial charge in [0.1, 0.15) is 11.9 Å². The Morgan fingerprint density at radius 2 is 2.00 bits per heavy atom. The van der Waals surface area contributed by atoms with Gasteiger partial charge < -0.3 is 4.74 Å². The molecular weight excluding hydrogens is 172 g/mol. The topological polar surface area (TPSA) is 9.23 Å². The van der Waals surface area contributed by atoms with Crippen molar-refractivity contribution in [2.24, 2.45) is 0 Å². The zero-order chi connectivity index (χ0) is 9.80. The Bertz CT molecular complexity index is 313. The van der Waals surface area contributed by atoms with E-state index in [2.05, 4.69) is 13.0 Å². The molecule has 2 rings (SSSR count). The highest BCUT2D eigenvalue weighted by Gasteiger charge is 2.15. The Morgan fingerprint density at radius 1 is 1.21 bits per heavy atom. The van der Waals surface area contributed by atoms with Crippen LogP contribution in [0.25, 0.3) is 0 Å². The molecule has 1 nitrogen and oxygen atoms in total. The van der Waals surface area contributed by atoms with Gasteiger partial charge in [0.2, 0.25) is 0 Å². The molecule has 0 radical (unpaired) electrons. The van der Waals surface area contributed by atoms with Crippen molar-refractivity contribution < 1.29 is 4.74 Å². The van der Waals surface area contributed by atoms with E-state index in [1.165, 1.54) is 18.4 Å². The van der Waals surface area contributed by atoms with E-state index in [1.54, 1.807) is 0 Å². The molecule has 1 aliphatic rings. The highest BCUT2D eigenvalue weighted by Crippen LogP contribution is 2.23. The molecule has 0 saturated carbocycles. The van der Waals surface area contributed by atoms with Crippen LogP contribution in [0.15, 0.2) is 42.0 Å². The monoisotopic (exact) mass is 188 g/mol. The lowest BCUT2D eigenvalue weighted by molar-refractivity contribution is 0.217. The van der Waals surface area contributed by atoms with Gasteiger partial charge in [-0.3, -0.25) is 0 Å². The molecule has 0 fully saturated rings. The van der Waals surface area contributed by atoms with Gasteiger partial charge >= 0.3 is 0 Å². The van der Waals surface area contributed by atoms with Gasteiger partial charge in [0, 0.05) is 0 Å². The van der Waals surface area contributed by atoms with E-state index < -0.39 is 0 Å². The normalized spacial score (nSPS) is 21.5. The fourth-order valence-electron chi connectivity index (χ4n) is 1.81.